The molecule has 1 aliphatic heterocycles. The Labute approximate surface area is 181 Å². The number of nitrogens with one attached hydrogen (secondary N) is 2. The topological polar surface area (TPSA) is 75.2 Å². The maximum Gasteiger partial charge on any atom is 0.244 e. The minimum Gasteiger partial charge on any atom is -0.382 e. The molecule has 2 N–H and O–H groups in total. The minimum absolute atomic E-state index is 0.105. The Balaban J connectivity index is 1.66. The van der Waals surface area contributed by atoms with Crippen LogP contribution in [0.1, 0.15) is 31.7 Å². The van der Waals surface area contributed by atoms with E-state index in [4.69, 9.17) is 9.47 Å². The van der Waals surface area contributed by atoms with E-state index in [1.165, 1.54) is 5.56 Å². The number of carbonyl (C=O) groups excluding carboxylic acids is 1. The van der Waals surface area contributed by atoms with Crippen LogP contribution < -0.4 is 10.6 Å². The second-order valence-corrected chi connectivity index (χ2v) is 7.59. The number of hydrogen-bond acceptors (Lipinski definition) is 4. The monoisotopic (exact) mass is 418 g/mol. The molecule has 1 aromatic rings. The first-order chi connectivity index (χ1) is 14.7. The highest BCUT2D eigenvalue weighted by molar-refractivity contribution is 5.85. The van der Waals surface area contributed by atoms with Crippen molar-refractivity contribution in [3.8, 4) is 0 Å². The number of aliphatic imine (C=N–C) groups is 1. The van der Waals surface area contributed by atoms with Crippen molar-refractivity contribution >= 4 is 11.9 Å². The third-order valence-corrected chi connectivity index (χ3v) is 5.24. The zero-order valence-electron chi connectivity index (χ0n) is 18.6. The second kappa shape index (κ2) is 14.8. The number of rotatable bonds is 12. The maximum absolute atomic E-state index is 12.6. The van der Waals surface area contributed by atoms with Crippen LogP contribution in [0.25, 0.3) is 0 Å². The highest BCUT2D eigenvalue weighted by Gasteiger charge is 2.22. The van der Waals surface area contributed by atoms with Crippen molar-refractivity contribution in [1.82, 2.24) is 15.5 Å². The lowest BCUT2D eigenvalue weighted by atomic mass is 9.90. The molecular weight excluding hydrogens is 380 g/mol. The van der Waals surface area contributed by atoms with E-state index in [0.29, 0.717) is 31.7 Å². The third-order valence-electron chi connectivity index (χ3n) is 5.24. The van der Waals surface area contributed by atoms with Gasteiger partial charge in [-0.25, -0.2) is 4.99 Å². The average Bonchev–Trinajstić information content (AvgIpc) is 2.77. The molecule has 1 heterocycles. The Hall–Kier alpha value is -2.12. The molecule has 0 aliphatic carbocycles. The molecule has 0 saturated carbocycles. The van der Waals surface area contributed by atoms with Crippen LogP contribution in [0.3, 0.4) is 0 Å². The van der Waals surface area contributed by atoms with Gasteiger partial charge < -0.3 is 25.0 Å². The molecule has 1 saturated heterocycles. The van der Waals surface area contributed by atoms with Crippen LogP contribution in [0.4, 0.5) is 0 Å². The van der Waals surface area contributed by atoms with E-state index in [9.17, 15) is 4.79 Å². The molecule has 1 aliphatic rings. The summed E-state index contributed by atoms with van der Waals surface area (Å²) in [5.74, 6) is 1.44. The van der Waals surface area contributed by atoms with Crippen LogP contribution in [0.15, 0.2) is 35.3 Å². The van der Waals surface area contributed by atoms with Crippen LogP contribution in [0.5, 0.6) is 0 Å². The number of guanidine groups is 1. The van der Waals surface area contributed by atoms with Gasteiger partial charge in [-0.2, -0.15) is 0 Å². The summed E-state index contributed by atoms with van der Waals surface area (Å²) in [5, 5.41) is 6.45. The summed E-state index contributed by atoms with van der Waals surface area (Å²) in [7, 11) is 1.67. The number of nitrogens with zero attached hydrogens (tertiary/aromatic N) is 2. The van der Waals surface area contributed by atoms with Gasteiger partial charge >= 0.3 is 0 Å². The smallest absolute Gasteiger partial charge is 0.244 e. The van der Waals surface area contributed by atoms with Gasteiger partial charge in [0, 0.05) is 39.9 Å². The summed E-state index contributed by atoms with van der Waals surface area (Å²) in [4.78, 5) is 19.0. The van der Waals surface area contributed by atoms with E-state index in [-0.39, 0.29) is 12.5 Å². The predicted molar refractivity (Wildman–Crippen MR) is 121 cm³/mol. The van der Waals surface area contributed by atoms with Gasteiger partial charge in [-0.1, -0.05) is 30.3 Å². The second-order valence-electron chi connectivity index (χ2n) is 7.59. The molecule has 30 heavy (non-hydrogen) atoms. The van der Waals surface area contributed by atoms with Crippen LogP contribution >= 0.6 is 0 Å². The number of carbonyl (C=O) groups is 1. The molecule has 0 radical (unpaired) electrons. The summed E-state index contributed by atoms with van der Waals surface area (Å²) in [5.41, 5.74) is 1.39. The van der Waals surface area contributed by atoms with Gasteiger partial charge in [-0.15, -0.1) is 0 Å². The van der Waals surface area contributed by atoms with Gasteiger partial charge in [0.25, 0.3) is 0 Å². The zero-order valence-corrected chi connectivity index (χ0v) is 18.6. The molecule has 0 unspecified atom stereocenters. The van der Waals surface area contributed by atoms with Gasteiger partial charge in [-0.05, 0) is 44.1 Å². The molecule has 1 aromatic carbocycles. The van der Waals surface area contributed by atoms with Gasteiger partial charge in [0.05, 0.1) is 13.2 Å². The quantitative estimate of drug-likeness (QED) is 0.309. The Bertz CT molecular complexity index is 616. The van der Waals surface area contributed by atoms with Crippen LogP contribution in [-0.4, -0.2) is 76.4 Å². The molecule has 2 rings (SSSR count). The normalized spacial score (nSPS) is 15.3. The zero-order chi connectivity index (χ0) is 21.4. The molecular formula is C23H38N4O3. The lowest BCUT2D eigenvalue weighted by Crippen LogP contribution is -2.42. The lowest BCUT2D eigenvalue weighted by molar-refractivity contribution is -0.130. The largest absolute Gasteiger partial charge is 0.382 e. The SMILES string of the molecule is CCNC(=NCC(=O)N1CCC(Cc2ccccc2)CC1)NCCCOCCOC. The van der Waals surface area contributed by atoms with E-state index in [2.05, 4.69) is 46.0 Å². The van der Waals surface area contributed by atoms with Crippen molar-refractivity contribution in [1.29, 1.82) is 0 Å². The fourth-order valence-electron chi connectivity index (χ4n) is 3.55. The molecule has 7 heteroatoms. The van der Waals surface area contributed by atoms with Gasteiger partial charge in [0.2, 0.25) is 5.91 Å². The molecule has 1 amide bonds. The van der Waals surface area contributed by atoms with Crippen LogP contribution in [0.2, 0.25) is 0 Å². The standard InChI is InChI=1S/C23H38N4O3/c1-3-24-23(25-12-7-15-30-17-16-29-2)26-19-22(28)27-13-10-21(11-14-27)18-20-8-5-4-6-9-20/h4-6,8-9,21H,3,7,10-19H2,1-2H3,(H2,24,25,26). The molecule has 0 bridgehead atoms. The van der Waals surface area contributed by atoms with E-state index in [0.717, 1.165) is 51.9 Å². The first-order valence-electron chi connectivity index (χ1n) is 11.1. The Kier molecular flexibility index (Phi) is 11.9. The highest BCUT2D eigenvalue weighted by Crippen LogP contribution is 2.21. The molecule has 7 nitrogen and oxygen atoms in total. The van der Waals surface area contributed by atoms with E-state index in [1.807, 2.05) is 11.8 Å². The maximum atomic E-state index is 12.6. The molecule has 0 aromatic heterocycles. The highest BCUT2D eigenvalue weighted by atomic mass is 16.5. The first-order valence-corrected chi connectivity index (χ1v) is 11.1. The van der Waals surface area contributed by atoms with Crippen molar-refractivity contribution in [2.45, 2.75) is 32.6 Å². The van der Waals surface area contributed by atoms with Crippen molar-refractivity contribution in [3.05, 3.63) is 35.9 Å². The number of methoxy groups -OCH3 is 1. The minimum atomic E-state index is 0.105. The predicted octanol–water partition coefficient (Wildman–Crippen LogP) is 2.08. The number of benzene rings is 1. The summed E-state index contributed by atoms with van der Waals surface area (Å²) in [6.07, 6.45) is 4.10. The third kappa shape index (κ3) is 9.59. The Morgan fingerprint density at radius 3 is 2.60 bits per heavy atom. The molecule has 0 spiro atoms. The van der Waals surface area contributed by atoms with Gasteiger partial charge in [0.15, 0.2) is 5.96 Å². The van der Waals surface area contributed by atoms with Crippen molar-refractivity contribution in [2.75, 3.05) is 59.7 Å². The lowest BCUT2D eigenvalue weighted by Gasteiger charge is -2.32. The Morgan fingerprint density at radius 1 is 1.13 bits per heavy atom. The van der Waals surface area contributed by atoms with Gasteiger partial charge in [-0.3, -0.25) is 4.79 Å². The van der Waals surface area contributed by atoms with Gasteiger partial charge in [0.1, 0.15) is 6.54 Å². The fourth-order valence-corrected chi connectivity index (χ4v) is 3.55. The van der Waals surface area contributed by atoms with Crippen LogP contribution in [-0.2, 0) is 20.7 Å². The Morgan fingerprint density at radius 2 is 1.90 bits per heavy atom. The van der Waals surface area contributed by atoms with Crippen molar-refractivity contribution < 1.29 is 14.3 Å². The first kappa shape index (κ1) is 24.2. The summed E-state index contributed by atoms with van der Waals surface area (Å²) < 4.78 is 10.4. The molecule has 1 fully saturated rings. The summed E-state index contributed by atoms with van der Waals surface area (Å²) >= 11 is 0. The summed E-state index contributed by atoms with van der Waals surface area (Å²) in [6.45, 7) is 7.26. The molecule has 0 atom stereocenters. The van der Waals surface area contributed by atoms with Crippen LogP contribution in [0, 0.1) is 5.92 Å². The molecule has 168 valence electrons. The summed E-state index contributed by atoms with van der Waals surface area (Å²) in [6, 6.07) is 10.6. The van der Waals surface area contributed by atoms with E-state index < -0.39 is 0 Å². The number of hydrogen-bond donors (Lipinski definition) is 2. The van der Waals surface area contributed by atoms with Crippen molar-refractivity contribution in [3.63, 3.8) is 0 Å². The fraction of sp³-hybridized carbons (Fsp3) is 0.652. The van der Waals surface area contributed by atoms with Crippen molar-refractivity contribution in [2.24, 2.45) is 10.9 Å². The number of likely N-dealkylation sites (tertiary alicyclic amines) is 1. The number of piperidine rings is 1. The average molecular weight is 419 g/mol. The number of amides is 1. The van der Waals surface area contributed by atoms with E-state index >= 15 is 0 Å². The van der Waals surface area contributed by atoms with E-state index in [1.54, 1.807) is 7.11 Å². The number of ether oxygens (including phenoxy) is 2.